The maximum atomic E-state index is 13.8. The van der Waals surface area contributed by atoms with E-state index in [0.29, 0.717) is 22.8 Å². The average Bonchev–Trinajstić information content (AvgIpc) is 2.85. The Morgan fingerprint density at radius 1 is 1.09 bits per heavy atom. The van der Waals surface area contributed by atoms with Crippen molar-refractivity contribution in [3.05, 3.63) is 99.2 Å². The van der Waals surface area contributed by atoms with Crippen molar-refractivity contribution in [2.75, 3.05) is 26.4 Å². The molecule has 0 spiro atoms. The monoisotopic (exact) mass is 470 g/mol. The van der Waals surface area contributed by atoms with E-state index in [1.807, 2.05) is 24.3 Å². The van der Waals surface area contributed by atoms with Crippen molar-refractivity contribution < 1.29 is 18.0 Å². The third kappa shape index (κ3) is 5.91. The molecule has 1 aromatic heterocycles. The van der Waals surface area contributed by atoms with E-state index in [1.54, 1.807) is 12.4 Å². The topological polar surface area (TPSA) is 70.6 Å². The lowest BCUT2D eigenvalue weighted by Gasteiger charge is -2.32. The van der Waals surface area contributed by atoms with Gasteiger partial charge in [0, 0.05) is 30.1 Å². The molecular formula is C25H25F3N4O2. The largest absolute Gasteiger partial charge is 0.392 e. The summed E-state index contributed by atoms with van der Waals surface area (Å²) in [6.07, 6.45) is 5.36. The molecule has 0 aliphatic carbocycles. The summed E-state index contributed by atoms with van der Waals surface area (Å²) >= 11 is 0. The molecule has 1 N–H and O–H groups in total. The number of nitrogens with one attached hydrogen (secondary N) is 1. The summed E-state index contributed by atoms with van der Waals surface area (Å²) in [5, 5.41) is 3.96. The standard InChI is InChI=1S/C25H25F3N4O2/c26-9-12-34-31-24(20-5-6-22(27)23(28)13-20)19-3-1-17(2-4-19)16-32-10-7-18(8-11-32)21-14-29-25(33)30-15-21/h1-6,13-15,18H,7-12,16H2,(H,29,30,33)/b31-24-. The van der Waals surface area contributed by atoms with Crippen molar-refractivity contribution in [2.24, 2.45) is 5.16 Å². The second-order valence-electron chi connectivity index (χ2n) is 8.19. The normalized spacial score (nSPS) is 15.4. The fourth-order valence-electron chi connectivity index (χ4n) is 4.09. The fraction of sp³-hybridized carbons (Fsp3) is 0.320. The van der Waals surface area contributed by atoms with E-state index < -0.39 is 18.3 Å². The molecule has 2 heterocycles. The number of alkyl halides is 1. The van der Waals surface area contributed by atoms with Gasteiger partial charge in [-0.1, -0.05) is 29.4 Å². The molecule has 1 fully saturated rings. The van der Waals surface area contributed by atoms with Crippen LogP contribution in [0, 0.1) is 11.6 Å². The summed E-state index contributed by atoms with van der Waals surface area (Å²) in [6, 6.07) is 11.1. The van der Waals surface area contributed by atoms with Crippen LogP contribution >= 0.6 is 0 Å². The van der Waals surface area contributed by atoms with Crippen LogP contribution in [0.3, 0.4) is 0 Å². The Hall–Kier alpha value is -3.46. The van der Waals surface area contributed by atoms with Crippen LogP contribution in [0.5, 0.6) is 0 Å². The molecule has 0 amide bonds. The maximum Gasteiger partial charge on any atom is 0.344 e. The number of likely N-dealkylation sites (tertiary alicyclic amines) is 1. The van der Waals surface area contributed by atoms with E-state index >= 15 is 0 Å². The van der Waals surface area contributed by atoms with E-state index in [2.05, 4.69) is 20.0 Å². The third-order valence-corrected chi connectivity index (χ3v) is 5.90. The van der Waals surface area contributed by atoms with E-state index in [0.717, 1.165) is 55.7 Å². The third-order valence-electron chi connectivity index (χ3n) is 5.90. The van der Waals surface area contributed by atoms with Gasteiger partial charge in [0.25, 0.3) is 0 Å². The predicted molar refractivity (Wildman–Crippen MR) is 122 cm³/mol. The zero-order valence-electron chi connectivity index (χ0n) is 18.5. The number of rotatable bonds is 8. The summed E-state index contributed by atoms with van der Waals surface area (Å²) < 4.78 is 39.6. The summed E-state index contributed by atoms with van der Waals surface area (Å²) in [6.45, 7) is 1.68. The van der Waals surface area contributed by atoms with Crippen LogP contribution in [0.1, 0.15) is 41.0 Å². The highest BCUT2D eigenvalue weighted by atomic mass is 19.2. The second kappa shape index (κ2) is 11.1. The quantitative estimate of drug-likeness (QED) is 0.305. The number of hydrogen-bond acceptors (Lipinski definition) is 5. The van der Waals surface area contributed by atoms with Gasteiger partial charge in [0.2, 0.25) is 0 Å². The highest BCUT2D eigenvalue weighted by Crippen LogP contribution is 2.27. The summed E-state index contributed by atoms with van der Waals surface area (Å²) in [7, 11) is 0. The Morgan fingerprint density at radius 3 is 2.47 bits per heavy atom. The number of oxime groups is 1. The molecule has 2 aromatic carbocycles. The van der Waals surface area contributed by atoms with Gasteiger partial charge in [-0.05, 0) is 61.2 Å². The molecule has 0 radical (unpaired) electrons. The number of nitrogens with zero attached hydrogens (tertiary/aromatic N) is 3. The highest BCUT2D eigenvalue weighted by Gasteiger charge is 2.21. The molecule has 0 bridgehead atoms. The van der Waals surface area contributed by atoms with Crippen molar-refractivity contribution in [1.29, 1.82) is 0 Å². The first-order valence-corrected chi connectivity index (χ1v) is 11.1. The van der Waals surface area contributed by atoms with E-state index in [1.165, 1.54) is 6.07 Å². The van der Waals surface area contributed by atoms with Gasteiger partial charge in [-0.3, -0.25) is 4.90 Å². The van der Waals surface area contributed by atoms with E-state index in [9.17, 15) is 18.0 Å². The Morgan fingerprint density at radius 2 is 1.82 bits per heavy atom. The molecule has 3 aromatic rings. The van der Waals surface area contributed by atoms with Gasteiger partial charge in [0.1, 0.15) is 19.0 Å². The van der Waals surface area contributed by atoms with Crippen molar-refractivity contribution in [3.63, 3.8) is 0 Å². The Balaban J connectivity index is 1.41. The molecule has 1 aliphatic heterocycles. The maximum absolute atomic E-state index is 13.8. The minimum atomic E-state index is -0.992. The number of aromatic amines is 1. The van der Waals surface area contributed by atoms with Crippen LogP contribution in [0.15, 0.2) is 64.8 Å². The van der Waals surface area contributed by atoms with Crippen LogP contribution in [0.4, 0.5) is 13.2 Å². The molecule has 0 atom stereocenters. The van der Waals surface area contributed by atoms with Gasteiger partial charge < -0.3 is 9.82 Å². The first-order chi connectivity index (χ1) is 16.5. The van der Waals surface area contributed by atoms with Crippen LogP contribution in [-0.2, 0) is 11.4 Å². The lowest BCUT2D eigenvalue weighted by Crippen LogP contribution is -2.32. The molecular weight excluding hydrogens is 445 g/mol. The molecule has 1 aliphatic rings. The summed E-state index contributed by atoms with van der Waals surface area (Å²) in [4.78, 5) is 25.0. The zero-order valence-corrected chi connectivity index (χ0v) is 18.5. The minimum absolute atomic E-state index is 0.226. The molecule has 0 saturated carbocycles. The van der Waals surface area contributed by atoms with Crippen LogP contribution in [0.25, 0.3) is 0 Å². The first-order valence-electron chi connectivity index (χ1n) is 11.1. The van der Waals surface area contributed by atoms with Gasteiger partial charge in [-0.25, -0.2) is 22.9 Å². The smallest absolute Gasteiger partial charge is 0.344 e. The van der Waals surface area contributed by atoms with E-state index in [-0.39, 0.29) is 12.3 Å². The molecule has 9 heteroatoms. The summed E-state index contributed by atoms with van der Waals surface area (Å²) in [5.41, 5.74) is 3.11. The SMILES string of the molecule is O=c1ncc(C2CCN(Cc3ccc(/C(=N/OCCF)c4ccc(F)c(F)c4)cc3)CC2)c[nH]1. The van der Waals surface area contributed by atoms with Gasteiger partial charge in [0.15, 0.2) is 11.6 Å². The Kier molecular flexibility index (Phi) is 7.74. The van der Waals surface area contributed by atoms with Gasteiger partial charge in [0.05, 0.1) is 0 Å². The molecule has 6 nitrogen and oxygen atoms in total. The highest BCUT2D eigenvalue weighted by molar-refractivity contribution is 6.12. The second-order valence-corrected chi connectivity index (χ2v) is 8.19. The fourth-order valence-corrected chi connectivity index (χ4v) is 4.09. The van der Waals surface area contributed by atoms with Gasteiger partial charge in [-0.2, -0.15) is 0 Å². The zero-order chi connectivity index (χ0) is 23.9. The van der Waals surface area contributed by atoms with E-state index in [4.69, 9.17) is 4.84 Å². The van der Waals surface area contributed by atoms with Crippen molar-refractivity contribution in [2.45, 2.75) is 25.3 Å². The predicted octanol–water partition coefficient (Wildman–Crippen LogP) is 4.17. The average molecular weight is 470 g/mol. The van der Waals surface area contributed by atoms with Gasteiger partial charge >= 0.3 is 5.69 Å². The molecule has 1 saturated heterocycles. The van der Waals surface area contributed by atoms with Crippen molar-refractivity contribution >= 4 is 5.71 Å². The van der Waals surface area contributed by atoms with Crippen LogP contribution in [-0.4, -0.2) is 47.0 Å². The Bertz CT molecular complexity index is 1170. The molecule has 0 unspecified atom stereocenters. The van der Waals surface area contributed by atoms with Crippen LogP contribution < -0.4 is 5.69 Å². The number of hydrogen-bond donors (Lipinski definition) is 1. The number of H-pyrrole nitrogens is 1. The molecule has 4 rings (SSSR count). The number of halogens is 3. The van der Waals surface area contributed by atoms with Crippen LogP contribution in [0.2, 0.25) is 0 Å². The Labute approximate surface area is 195 Å². The summed E-state index contributed by atoms with van der Waals surface area (Å²) in [5.74, 6) is -1.57. The first kappa shape index (κ1) is 23.7. The van der Waals surface area contributed by atoms with Crippen molar-refractivity contribution in [1.82, 2.24) is 14.9 Å². The van der Waals surface area contributed by atoms with Gasteiger partial charge in [-0.15, -0.1) is 0 Å². The lowest BCUT2D eigenvalue weighted by molar-refractivity contribution is 0.128. The number of piperidine rings is 1. The molecule has 34 heavy (non-hydrogen) atoms. The minimum Gasteiger partial charge on any atom is -0.392 e. The number of aromatic nitrogens is 2. The lowest BCUT2D eigenvalue weighted by atomic mass is 9.91. The molecule has 178 valence electrons. The number of benzene rings is 2. The van der Waals surface area contributed by atoms with Crippen molar-refractivity contribution in [3.8, 4) is 0 Å².